The molecule has 5 atom stereocenters. The lowest BCUT2D eigenvalue weighted by molar-refractivity contribution is 0.466. The molecule has 0 heterocycles. The van der Waals surface area contributed by atoms with Crippen LogP contribution in [0.4, 0.5) is 0 Å². The van der Waals surface area contributed by atoms with Crippen LogP contribution in [-0.4, -0.2) is 0 Å². The number of hydrogen-bond acceptors (Lipinski definition) is 0. The lowest BCUT2D eigenvalue weighted by Gasteiger charge is -2.36. The minimum Gasteiger partial charge on any atom is -0.0839 e. The lowest BCUT2D eigenvalue weighted by atomic mass is 9.68. The van der Waals surface area contributed by atoms with Gasteiger partial charge in [-0.05, 0) is 80.5 Å². The summed E-state index contributed by atoms with van der Waals surface area (Å²) in [6.45, 7) is 0. The molecule has 6 aliphatic rings. The van der Waals surface area contributed by atoms with Gasteiger partial charge in [-0.25, -0.2) is 0 Å². The summed E-state index contributed by atoms with van der Waals surface area (Å²) in [5.74, 6) is 1.85. The first-order chi connectivity index (χ1) is 22.8. The molecule has 0 aromatic heterocycles. The van der Waals surface area contributed by atoms with E-state index >= 15 is 0 Å². The van der Waals surface area contributed by atoms with Crippen LogP contribution in [0.2, 0.25) is 0 Å². The minimum atomic E-state index is 0.239. The number of hydrogen-bond donors (Lipinski definition) is 0. The highest BCUT2D eigenvalue weighted by atomic mass is 14.4. The van der Waals surface area contributed by atoms with E-state index in [0.717, 1.165) is 19.3 Å². The third-order valence-corrected chi connectivity index (χ3v) is 10.4. The number of fused-ring (bicyclic) bond motifs is 3. The molecule has 0 saturated carbocycles. The Labute approximate surface area is 273 Å². The molecular weight excluding hydrogens is 553 g/mol. The van der Waals surface area contributed by atoms with Crippen LogP contribution in [-0.2, 0) is 0 Å². The molecule has 0 radical (unpaired) electrons. The van der Waals surface area contributed by atoms with E-state index < -0.39 is 0 Å². The van der Waals surface area contributed by atoms with Gasteiger partial charge in [0.25, 0.3) is 0 Å². The molecule has 0 nitrogen and oxygen atoms in total. The first-order valence-electron chi connectivity index (χ1n) is 16.9. The van der Waals surface area contributed by atoms with Crippen molar-refractivity contribution in [2.45, 2.75) is 19.3 Å². The maximum absolute atomic E-state index is 2.54. The zero-order chi connectivity index (χ0) is 30.7. The van der Waals surface area contributed by atoms with Crippen LogP contribution in [0.1, 0.15) is 24.8 Å². The second kappa shape index (κ2) is 12.8. The van der Waals surface area contributed by atoms with Crippen molar-refractivity contribution < 1.29 is 0 Å². The van der Waals surface area contributed by atoms with E-state index in [9.17, 15) is 0 Å². The highest BCUT2D eigenvalue weighted by Gasteiger charge is 2.33. The van der Waals surface area contributed by atoms with Gasteiger partial charge >= 0.3 is 0 Å². The van der Waals surface area contributed by atoms with Gasteiger partial charge in [0.15, 0.2) is 0 Å². The molecular formula is C46H40. The Kier molecular flexibility index (Phi) is 7.95. The predicted molar refractivity (Wildman–Crippen MR) is 196 cm³/mol. The maximum Gasteiger partial charge on any atom is 0.0128 e. The van der Waals surface area contributed by atoms with Gasteiger partial charge in [-0.3, -0.25) is 0 Å². The molecule has 5 unspecified atom stereocenters. The highest BCUT2D eigenvalue weighted by Crippen LogP contribution is 2.46. The van der Waals surface area contributed by atoms with Gasteiger partial charge < -0.3 is 0 Å². The molecule has 0 heteroatoms. The zero-order valence-electron chi connectivity index (χ0n) is 26.3. The van der Waals surface area contributed by atoms with E-state index in [1.165, 1.54) is 49.4 Å². The molecule has 2 aromatic carbocycles. The Balaban J connectivity index is 1.26. The average molecular weight is 593 g/mol. The van der Waals surface area contributed by atoms with Crippen LogP contribution in [0, 0.1) is 29.6 Å². The van der Waals surface area contributed by atoms with Crippen LogP contribution >= 0.6 is 0 Å². The summed E-state index contributed by atoms with van der Waals surface area (Å²) in [4.78, 5) is 0. The average Bonchev–Trinajstić information content (AvgIpc) is 3.13. The summed E-state index contributed by atoms with van der Waals surface area (Å²) in [7, 11) is 0. The van der Waals surface area contributed by atoms with Crippen molar-refractivity contribution in [1.82, 2.24) is 0 Å². The summed E-state index contributed by atoms with van der Waals surface area (Å²) >= 11 is 0. The van der Waals surface area contributed by atoms with E-state index in [1.54, 1.807) is 0 Å². The summed E-state index contributed by atoms with van der Waals surface area (Å²) < 4.78 is 0. The van der Waals surface area contributed by atoms with Gasteiger partial charge in [-0.2, -0.15) is 0 Å². The van der Waals surface area contributed by atoms with Gasteiger partial charge in [0.2, 0.25) is 0 Å². The Morgan fingerprint density at radius 1 is 0.543 bits per heavy atom. The minimum absolute atomic E-state index is 0.239. The molecule has 0 amide bonds. The van der Waals surface area contributed by atoms with Gasteiger partial charge in [-0.1, -0.05) is 176 Å². The molecule has 2 aromatic rings. The summed E-state index contributed by atoms with van der Waals surface area (Å²) in [5, 5.41) is 2.76. The third-order valence-electron chi connectivity index (χ3n) is 10.4. The van der Waals surface area contributed by atoms with Gasteiger partial charge in [0.05, 0.1) is 0 Å². The van der Waals surface area contributed by atoms with Gasteiger partial charge in [0.1, 0.15) is 0 Å². The quantitative estimate of drug-likeness (QED) is 0.332. The SMILES string of the molecule is C1=CC=C(C2=CC(c3ccccc3)=CC(C3C=CC=CC3)C2)C2C=CC=CC2C(C2=c3ccccc3=C3C=CC=CC3C2)=CC=C1. The Morgan fingerprint density at radius 3 is 2.07 bits per heavy atom. The maximum atomic E-state index is 2.54. The highest BCUT2D eigenvalue weighted by molar-refractivity contribution is 5.79. The molecule has 6 aliphatic carbocycles. The first-order valence-corrected chi connectivity index (χ1v) is 16.9. The molecule has 0 saturated heterocycles. The Hall–Kier alpha value is -4.94. The topological polar surface area (TPSA) is 0 Å². The number of allylic oxidation sites excluding steroid dienone is 24. The molecule has 0 fully saturated rings. The van der Waals surface area contributed by atoms with Gasteiger partial charge in [-0.15, -0.1) is 0 Å². The molecule has 8 rings (SSSR count). The van der Waals surface area contributed by atoms with Crippen LogP contribution in [0.15, 0.2) is 193 Å². The van der Waals surface area contributed by atoms with Crippen LogP contribution in [0.3, 0.4) is 0 Å². The number of benzene rings is 2. The molecule has 224 valence electrons. The largest absolute Gasteiger partial charge is 0.0839 e. The third kappa shape index (κ3) is 5.54. The molecule has 46 heavy (non-hydrogen) atoms. The number of rotatable bonds is 4. The zero-order valence-corrected chi connectivity index (χ0v) is 26.3. The van der Waals surface area contributed by atoms with Crippen molar-refractivity contribution in [3.63, 3.8) is 0 Å². The fourth-order valence-corrected chi connectivity index (χ4v) is 8.19. The molecule has 0 bridgehead atoms. The fourth-order valence-electron chi connectivity index (χ4n) is 8.19. The first kappa shape index (κ1) is 28.5. The van der Waals surface area contributed by atoms with Crippen LogP contribution < -0.4 is 10.4 Å². The second-order valence-corrected chi connectivity index (χ2v) is 13.1. The monoisotopic (exact) mass is 592 g/mol. The fraction of sp³-hybridized carbons (Fsp3) is 0.174. The normalized spacial score (nSPS) is 27.7. The van der Waals surface area contributed by atoms with E-state index in [2.05, 4.69) is 176 Å². The summed E-state index contributed by atoms with van der Waals surface area (Å²) in [6, 6.07) is 20.0. The van der Waals surface area contributed by atoms with Crippen LogP contribution in [0.25, 0.3) is 16.7 Å². The van der Waals surface area contributed by atoms with Crippen molar-refractivity contribution in [1.29, 1.82) is 0 Å². The van der Waals surface area contributed by atoms with E-state index in [4.69, 9.17) is 0 Å². The van der Waals surface area contributed by atoms with Crippen molar-refractivity contribution in [3.8, 4) is 0 Å². The summed E-state index contributed by atoms with van der Waals surface area (Å²) in [5.41, 5.74) is 9.89. The van der Waals surface area contributed by atoms with Crippen LogP contribution in [0.5, 0.6) is 0 Å². The Morgan fingerprint density at radius 2 is 1.26 bits per heavy atom. The van der Waals surface area contributed by atoms with E-state index in [-0.39, 0.29) is 11.8 Å². The van der Waals surface area contributed by atoms with Gasteiger partial charge in [0, 0.05) is 17.8 Å². The molecule has 0 spiro atoms. The van der Waals surface area contributed by atoms with Crippen molar-refractivity contribution in [2.75, 3.05) is 0 Å². The molecule has 0 aliphatic heterocycles. The van der Waals surface area contributed by atoms with E-state index in [0.29, 0.717) is 17.8 Å². The van der Waals surface area contributed by atoms with Crippen molar-refractivity contribution in [2.24, 2.45) is 29.6 Å². The van der Waals surface area contributed by atoms with Crippen molar-refractivity contribution in [3.05, 3.63) is 209 Å². The standard InChI is InChI=1S/C46H40/c1-2-10-24-45(46-32-35-21-11-12-23-39(35)41-25-14-16-28-44(41)46)43-27-15-13-26-42(43)40(22-9-1)38-30-36(33-17-5-3-6-18-33)29-37(31-38)34-19-7-4-8-20-34/h1-19,21-30,34-35,37,42-43H,20,31-32H2. The smallest absolute Gasteiger partial charge is 0.0128 e. The van der Waals surface area contributed by atoms with E-state index in [1.807, 2.05) is 0 Å². The lowest BCUT2D eigenvalue weighted by Crippen LogP contribution is -2.36. The second-order valence-electron chi connectivity index (χ2n) is 13.1. The van der Waals surface area contributed by atoms with Crippen molar-refractivity contribution >= 4 is 16.7 Å². The Bertz CT molecular complexity index is 2020. The summed E-state index contributed by atoms with van der Waals surface area (Å²) in [6.07, 6.45) is 49.6. The predicted octanol–water partition coefficient (Wildman–Crippen LogP) is 9.63. The molecule has 0 N–H and O–H groups in total.